The van der Waals surface area contributed by atoms with Crippen LogP contribution in [-0.2, 0) is 4.79 Å². The van der Waals surface area contributed by atoms with Crippen molar-refractivity contribution in [1.82, 2.24) is 14.8 Å². The Bertz CT molecular complexity index is 1020. The van der Waals surface area contributed by atoms with Crippen molar-refractivity contribution in [3.63, 3.8) is 0 Å². The van der Waals surface area contributed by atoms with Crippen molar-refractivity contribution in [2.24, 2.45) is 0 Å². The van der Waals surface area contributed by atoms with Gasteiger partial charge in [-0.1, -0.05) is 18.2 Å². The van der Waals surface area contributed by atoms with E-state index in [0.29, 0.717) is 30.0 Å². The summed E-state index contributed by atoms with van der Waals surface area (Å²) < 4.78 is 1.76. The van der Waals surface area contributed by atoms with Crippen LogP contribution in [0.4, 0.5) is 11.5 Å². The number of anilines is 2. The molecule has 0 spiro atoms. The van der Waals surface area contributed by atoms with Crippen molar-refractivity contribution >= 4 is 23.3 Å². The highest BCUT2D eigenvalue weighted by Crippen LogP contribution is 2.22. The van der Waals surface area contributed by atoms with Crippen LogP contribution < -0.4 is 10.2 Å². The molecule has 0 saturated carbocycles. The summed E-state index contributed by atoms with van der Waals surface area (Å²) in [6.07, 6.45) is 3.05. The zero-order chi connectivity index (χ0) is 19.7. The van der Waals surface area contributed by atoms with E-state index in [-0.39, 0.29) is 11.8 Å². The number of nitrogens with zero attached hydrogens (tertiary/aromatic N) is 4. The molecule has 142 valence electrons. The quantitative estimate of drug-likeness (QED) is 0.759. The highest BCUT2D eigenvalue weighted by molar-refractivity contribution is 6.05. The molecule has 0 aliphatic carbocycles. The van der Waals surface area contributed by atoms with E-state index in [2.05, 4.69) is 15.4 Å². The van der Waals surface area contributed by atoms with Crippen molar-refractivity contribution < 1.29 is 9.59 Å². The molecule has 4 rings (SSSR count). The smallest absolute Gasteiger partial charge is 0.260 e. The molecule has 1 aromatic carbocycles. The SMILES string of the molecule is Cc1nn(-c2ccccc2)c(C)c1C(=O)Nc1ccc(N2CCCC2=O)cn1. The zero-order valence-corrected chi connectivity index (χ0v) is 15.8. The van der Waals surface area contributed by atoms with Crippen molar-refractivity contribution in [3.05, 3.63) is 65.6 Å². The van der Waals surface area contributed by atoms with Crippen LogP contribution in [0.5, 0.6) is 0 Å². The molecule has 0 atom stereocenters. The van der Waals surface area contributed by atoms with Gasteiger partial charge in [0.25, 0.3) is 5.91 Å². The first kappa shape index (κ1) is 17.9. The van der Waals surface area contributed by atoms with Gasteiger partial charge in [0.1, 0.15) is 5.82 Å². The van der Waals surface area contributed by atoms with Crippen LogP contribution in [0.2, 0.25) is 0 Å². The van der Waals surface area contributed by atoms with Gasteiger partial charge in [0, 0.05) is 13.0 Å². The summed E-state index contributed by atoms with van der Waals surface area (Å²) in [6, 6.07) is 13.2. The molecule has 1 fully saturated rings. The van der Waals surface area contributed by atoms with E-state index < -0.39 is 0 Å². The Morgan fingerprint density at radius 2 is 1.86 bits per heavy atom. The summed E-state index contributed by atoms with van der Waals surface area (Å²) >= 11 is 0. The van der Waals surface area contributed by atoms with Crippen LogP contribution in [0.3, 0.4) is 0 Å². The third-order valence-corrected chi connectivity index (χ3v) is 4.89. The van der Waals surface area contributed by atoms with E-state index in [4.69, 9.17) is 0 Å². The van der Waals surface area contributed by atoms with E-state index in [9.17, 15) is 9.59 Å². The lowest BCUT2D eigenvalue weighted by atomic mass is 10.2. The average Bonchev–Trinajstić information content (AvgIpc) is 3.25. The lowest BCUT2D eigenvalue weighted by molar-refractivity contribution is -0.117. The van der Waals surface area contributed by atoms with E-state index in [1.807, 2.05) is 44.2 Å². The number of rotatable bonds is 4. The van der Waals surface area contributed by atoms with Crippen molar-refractivity contribution in [2.45, 2.75) is 26.7 Å². The molecule has 1 N–H and O–H groups in total. The van der Waals surface area contributed by atoms with Crippen LogP contribution >= 0.6 is 0 Å². The number of aromatic nitrogens is 3. The van der Waals surface area contributed by atoms with E-state index in [1.165, 1.54) is 0 Å². The van der Waals surface area contributed by atoms with E-state index in [0.717, 1.165) is 23.5 Å². The van der Waals surface area contributed by atoms with E-state index in [1.54, 1.807) is 27.9 Å². The number of hydrogen-bond donors (Lipinski definition) is 1. The molecule has 0 unspecified atom stereocenters. The number of amides is 2. The van der Waals surface area contributed by atoms with Crippen LogP contribution in [0.25, 0.3) is 5.69 Å². The number of carbonyl (C=O) groups is 2. The standard InChI is InChI=1S/C21H21N5O2/c1-14-20(15(2)26(24-14)16-7-4-3-5-8-16)21(28)23-18-11-10-17(13-22-18)25-12-6-9-19(25)27/h3-5,7-8,10-11,13H,6,9,12H2,1-2H3,(H,22,23,28). The maximum atomic E-state index is 12.8. The van der Waals surface area contributed by atoms with Gasteiger partial charge in [0.15, 0.2) is 0 Å². The molecule has 1 aliphatic rings. The first-order chi connectivity index (χ1) is 13.5. The van der Waals surface area contributed by atoms with Crippen molar-refractivity contribution in [3.8, 4) is 5.69 Å². The zero-order valence-electron chi connectivity index (χ0n) is 15.8. The monoisotopic (exact) mass is 375 g/mol. The molecular weight excluding hydrogens is 354 g/mol. The van der Waals surface area contributed by atoms with Gasteiger partial charge >= 0.3 is 0 Å². The second kappa shape index (κ2) is 7.26. The van der Waals surface area contributed by atoms with Gasteiger partial charge in [-0.3, -0.25) is 9.59 Å². The maximum absolute atomic E-state index is 12.8. The number of aryl methyl sites for hydroxylation is 1. The highest BCUT2D eigenvalue weighted by Gasteiger charge is 2.23. The summed E-state index contributed by atoms with van der Waals surface area (Å²) in [7, 11) is 0. The largest absolute Gasteiger partial charge is 0.311 e. The first-order valence-electron chi connectivity index (χ1n) is 9.24. The number of hydrogen-bond acceptors (Lipinski definition) is 4. The lowest BCUT2D eigenvalue weighted by Crippen LogP contribution is -2.23. The molecule has 7 heteroatoms. The van der Waals surface area contributed by atoms with Crippen LogP contribution in [0, 0.1) is 13.8 Å². The van der Waals surface area contributed by atoms with Crippen molar-refractivity contribution in [1.29, 1.82) is 0 Å². The summed E-state index contributed by atoms with van der Waals surface area (Å²) in [6.45, 7) is 4.40. The Kier molecular flexibility index (Phi) is 4.65. The van der Waals surface area contributed by atoms with Gasteiger partial charge in [-0.2, -0.15) is 5.10 Å². The average molecular weight is 375 g/mol. The Hall–Kier alpha value is -3.48. The second-order valence-electron chi connectivity index (χ2n) is 6.80. The summed E-state index contributed by atoms with van der Waals surface area (Å²) in [5.41, 5.74) is 3.60. The molecule has 0 radical (unpaired) electrons. The number of nitrogens with one attached hydrogen (secondary N) is 1. The minimum atomic E-state index is -0.255. The molecule has 3 heterocycles. The van der Waals surface area contributed by atoms with Crippen LogP contribution in [-0.4, -0.2) is 33.1 Å². The Labute approximate surface area is 163 Å². The van der Waals surface area contributed by atoms with Gasteiger partial charge in [-0.25, -0.2) is 9.67 Å². The third-order valence-electron chi connectivity index (χ3n) is 4.89. The van der Waals surface area contributed by atoms with E-state index >= 15 is 0 Å². The highest BCUT2D eigenvalue weighted by atomic mass is 16.2. The topological polar surface area (TPSA) is 80.1 Å². The van der Waals surface area contributed by atoms with Crippen LogP contribution in [0.1, 0.15) is 34.6 Å². The molecule has 1 saturated heterocycles. The first-order valence-corrected chi connectivity index (χ1v) is 9.24. The van der Waals surface area contributed by atoms with Gasteiger partial charge in [-0.15, -0.1) is 0 Å². The van der Waals surface area contributed by atoms with Gasteiger partial charge in [0.05, 0.1) is 34.5 Å². The fraction of sp³-hybridized carbons (Fsp3) is 0.238. The normalized spacial score (nSPS) is 13.8. The number of pyridine rings is 1. The lowest BCUT2D eigenvalue weighted by Gasteiger charge is -2.15. The minimum absolute atomic E-state index is 0.109. The predicted octanol–water partition coefficient (Wildman–Crippen LogP) is 3.26. The fourth-order valence-corrected chi connectivity index (χ4v) is 3.51. The molecule has 0 bridgehead atoms. The molecule has 2 amide bonds. The van der Waals surface area contributed by atoms with Gasteiger partial charge in [0.2, 0.25) is 5.91 Å². The van der Waals surface area contributed by atoms with Crippen LogP contribution in [0.15, 0.2) is 48.7 Å². The minimum Gasteiger partial charge on any atom is -0.311 e. The third kappa shape index (κ3) is 3.26. The van der Waals surface area contributed by atoms with Gasteiger partial charge < -0.3 is 10.2 Å². The summed E-state index contributed by atoms with van der Waals surface area (Å²) in [5.74, 6) is 0.291. The molecular formula is C21H21N5O2. The molecule has 28 heavy (non-hydrogen) atoms. The molecule has 2 aromatic heterocycles. The Morgan fingerprint density at radius 3 is 2.50 bits per heavy atom. The summed E-state index contributed by atoms with van der Waals surface area (Å²) in [4.78, 5) is 30.7. The molecule has 3 aromatic rings. The number of para-hydroxylation sites is 1. The van der Waals surface area contributed by atoms with Crippen molar-refractivity contribution in [2.75, 3.05) is 16.8 Å². The Balaban J connectivity index is 1.54. The Morgan fingerprint density at radius 1 is 1.07 bits per heavy atom. The second-order valence-corrected chi connectivity index (χ2v) is 6.80. The van der Waals surface area contributed by atoms with Gasteiger partial charge in [-0.05, 0) is 44.5 Å². The summed E-state index contributed by atoms with van der Waals surface area (Å²) in [5, 5.41) is 7.34. The molecule has 7 nitrogen and oxygen atoms in total. The number of carbonyl (C=O) groups excluding carboxylic acids is 2. The maximum Gasteiger partial charge on any atom is 0.260 e. The fourth-order valence-electron chi connectivity index (χ4n) is 3.51. The predicted molar refractivity (Wildman–Crippen MR) is 107 cm³/mol. The number of benzene rings is 1. The molecule has 1 aliphatic heterocycles.